The number of hydrogen-bond donors (Lipinski definition) is 1. The maximum Gasteiger partial charge on any atom is 0.0975 e. The summed E-state index contributed by atoms with van der Waals surface area (Å²) in [6.07, 6.45) is 17.1. The molecule has 5 atom stereocenters. The van der Waals surface area contributed by atoms with Crippen LogP contribution >= 0.6 is 0 Å². The molecule has 164 valence electrons. The van der Waals surface area contributed by atoms with Crippen molar-refractivity contribution in [1.82, 2.24) is 4.98 Å². The number of ether oxygens (including phenoxy) is 1. The fraction of sp³-hybridized carbons (Fsp3) is 0.500. The summed E-state index contributed by atoms with van der Waals surface area (Å²) < 4.78 is 7.21. The summed E-state index contributed by atoms with van der Waals surface area (Å²) in [4.78, 5) is 4.35. The summed E-state index contributed by atoms with van der Waals surface area (Å²) in [5.41, 5.74) is 5.03. The highest BCUT2D eigenvalue weighted by Gasteiger charge is 2.66. The molecule has 5 aliphatic rings. The van der Waals surface area contributed by atoms with Gasteiger partial charge in [-0.3, -0.25) is 4.98 Å². The zero-order valence-electron chi connectivity index (χ0n) is 18.7. The average Bonchev–Trinajstić information content (AvgIpc) is 3.33. The fourth-order valence-corrected chi connectivity index (χ4v) is 8.19. The lowest BCUT2D eigenvalue weighted by molar-refractivity contribution is -0.126. The van der Waals surface area contributed by atoms with E-state index in [4.69, 9.17) is 4.74 Å². The standard InChI is InChI=1S/C28H30N2O2/c1-26-10-8-22-15-21-4-5-23(30-31)16-27(21)11-12-28(22,32-27)25(26)7-6-24(26)19-3-2-18-9-13-29-17-20(18)14-19/h2-3,8-9,13-15,17,24-25,31H,4-7,10-12,16H2,1H3/t24-,25-,26-,27-,28?/m1/s1. The minimum atomic E-state index is -0.234. The topological polar surface area (TPSA) is 54.7 Å². The molecule has 0 amide bonds. The Hall–Kier alpha value is -2.46. The van der Waals surface area contributed by atoms with Gasteiger partial charge in [0.25, 0.3) is 0 Å². The smallest absolute Gasteiger partial charge is 0.0975 e. The Morgan fingerprint density at radius 3 is 2.97 bits per heavy atom. The Bertz CT molecular complexity index is 1230. The number of rotatable bonds is 1. The molecule has 1 unspecified atom stereocenters. The molecule has 2 aromatic rings. The first kappa shape index (κ1) is 19.0. The van der Waals surface area contributed by atoms with Crippen LogP contribution in [0, 0.1) is 11.3 Å². The van der Waals surface area contributed by atoms with Gasteiger partial charge in [0.2, 0.25) is 0 Å². The van der Waals surface area contributed by atoms with Crippen LogP contribution in [0.5, 0.6) is 0 Å². The van der Waals surface area contributed by atoms with Crippen LogP contribution in [0.1, 0.15) is 69.8 Å². The van der Waals surface area contributed by atoms with E-state index in [9.17, 15) is 5.21 Å². The highest BCUT2D eigenvalue weighted by Crippen LogP contribution is 2.69. The number of hydrogen-bond acceptors (Lipinski definition) is 4. The first-order valence-corrected chi connectivity index (χ1v) is 12.2. The van der Waals surface area contributed by atoms with Crippen LogP contribution in [0.25, 0.3) is 10.8 Å². The van der Waals surface area contributed by atoms with E-state index in [0.717, 1.165) is 44.2 Å². The van der Waals surface area contributed by atoms with E-state index in [1.54, 1.807) is 0 Å². The lowest BCUT2D eigenvalue weighted by Gasteiger charge is -2.54. The number of allylic oxidation sites excluding steroid dienone is 1. The number of benzene rings is 1. The fourth-order valence-electron chi connectivity index (χ4n) is 8.19. The molecule has 2 aliphatic heterocycles. The van der Waals surface area contributed by atoms with E-state index >= 15 is 0 Å². The summed E-state index contributed by atoms with van der Waals surface area (Å²) in [5, 5.41) is 15.6. The number of fused-ring (bicyclic) bond motifs is 2. The van der Waals surface area contributed by atoms with Crippen molar-refractivity contribution in [2.24, 2.45) is 16.5 Å². The normalized spacial score (nSPS) is 41.1. The molecule has 1 aromatic heterocycles. The van der Waals surface area contributed by atoms with Gasteiger partial charge in [0.05, 0.1) is 16.9 Å². The molecule has 2 saturated carbocycles. The molecule has 1 N–H and O–H groups in total. The van der Waals surface area contributed by atoms with Crippen molar-refractivity contribution in [2.75, 3.05) is 0 Å². The molecule has 2 bridgehead atoms. The van der Waals surface area contributed by atoms with E-state index < -0.39 is 0 Å². The van der Waals surface area contributed by atoms with Gasteiger partial charge in [-0.25, -0.2) is 0 Å². The molecular weight excluding hydrogens is 396 g/mol. The maximum absolute atomic E-state index is 9.46. The van der Waals surface area contributed by atoms with Crippen molar-refractivity contribution in [3.8, 4) is 0 Å². The Balaban J connectivity index is 1.30. The monoisotopic (exact) mass is 426 g/mol. The zero-order valence-corrected chi connectivity index (χ0v) is 18.7. The minimum Gasteiger partial charge on any atom is -0.411 e. The van der Waals surface area contributed by atoms with E-state index in [1.165, 1.54) is 40.3 Å². The Kier molecular flexibility index (Phi) is 3.76. The van der Waals surface area contributed by atoms with Crippen molar-refractivity contribution in [1.29, 1.82) is 0 Å². The molecule has 1 saturated heterocycles. The van der Waals surface area contributed by atoms with Crippen LogP contribution in [0.4, 0.5) is 0 Å². The lowest BCUT2D eigenvalue weighted by Crippen LogP contribution is -2.53. The second kappa shape index (κ2) is 6.32. The van der Waals surface area contributed by atoms with Gasteiger partial charge in [0.1, 0.15) is 0 Å². The van der Waals surface area contributed by atoms with Crippen molar-refractivity contribution < 1.29 is 9.94 Å². The van der Waals surface area contributed by atoms with E-state index in [2.05, 4.69) is 53.5 Å². The summed E-state index contributed by atoms with van der Waals surface area (Å²) in [6, 6.07) is 9.08. The Morgan fingerprint density at radius 2 is 2.06 bits per heavy atom. The zero-order chi connectivity index (χ0) is 21.6. The molecule has 32 heavy (non-hydrogen) atoms. The molecule has 1 aromatic carbocycles. The summed E-state index contributed by atoms with van der Waals surface area (Å²) in [5.74, 6) is 1.06. The van der Waals surface area contributed by atoms with Gasteiger partial charge in [0.15, 0.2) is 0 Å². The molecule has 2 spiro atoms. The van der Waals surface area contributed by atoms with Crippen LogP contribution in [0.3, 0.4) is 0 Å². The number of aromatic nitrogens is 1. The largest absolute Gasteiger partial charge is 0.411 e. The molecule has 4 heteroatoms. The summed E-state index contributed by atoms with van der Waals surface area (Å²) >= 11 is 0. The van der Waals surface area contributed by atoms with E-state index in [1.807, 2.05) is 12.4 Å². The third-order valence-electron chi connectivity index (χ3n) is 9.72. The Labute approximate surface area is 189 Å². The van der Waals surface area contributed by atoms with Crippen molar-refractivity contribution in [2.45, 2.75) is 75.4 Å². The highest BCUT2D eigenvalue weighted by atomic mass is 16.5. The quantitative estimate of drug-likeness (QED) is 0.430. The molecule has 3 heterocycles. The van der Waals surface area contributed by atoms with Gasteiger partial charge >= 0.3 is 0 Å². The number of oxime groups is 1. The van der Waals surface area contributed by atoms with Crippen molar-refractivity contribution >= 4 is 16.5 Å². The van der Waals surface area contributed by atoms with Crippen LogP contribution < -0.4 is 0 Å². The molecular formula is C28H30N2O2. The van der Waals surface area contributed by atoms with Gasteiger partial charge in [0, 0.05) is 24.2 Å². The maximum atomic E-state index is 9.46. The minimum absolute atomic E-state index is 0.165. The molecule has 7 rings (SSSR count). The average molecular weight is 427 g/mol. The van der Waals surface area contributed by atoms with E-state index in [-0.39, 0.29) is 16.6 Å². The van der Waals surface area contributed by atoms with Gasteiger partial charge < -0.3 is 9.94 Å². The van der Waals surface area contributed by atoms with Gasteiger partial charge in [-0.1, -0.05) is 36.4 Å². The molecule has 4 nitrogen and oxygen atoms in total. The van der Waals surface area contributed by atoms with Crippen LogP contribution in [0.15, 0.2) is 65.1 Å². The van der Waals surface area contributed by atoms with Crippen LogP contribution in [-0.4, -0.2) is 27.1 Å². The van der Waals surface area contributed by atoms with Gasteiger partial charge in [-0.15, -0.1) is 0 Å². The van der Waals surface area contributed by atoms with E-state index in [0.29, 0.717) is 11.8 Å². The lowest BCUT2D eigenvalue weighted by atomic mass is 9.58. The van der Waals surface area contributed by atoms with Gasteiger partial charge in [-0.05, 0) is 96.4 Å². The van der Waals surface area contributed by atoms with Gasteiger partial charge in [-0.2, -0.15) is 0 Å². The third-order valence-corrected chi connectivity index (χ3v) is 9.72. The van der Waals surface area contributed by atoms with Crippen LogP contribution in [-0.2, 0) is 4.74 Å². The third kappa shape index (κ3) is 2.31. The molecule has 0 radical (unpaired) electrons. The van der Waals surface area contributed by atoms with Crippen LogP contribution in [0.2, 0.25) is 0 Å². The summed E-state index contributed by atoms with van der Waals surface area (Å²) in [7, 11) is 0. The predicted molar refractivity (Wildman–Crippen MR) is 125 cm³/mol. The number of pyridine rings is 1. The predicted octanol–water partition coefficient (Wildman–Crippen LogP) is 6.31. The highest BCUT2D eigenvalue weighted by molar-refractivity contribution is 5.87. The SMILES string of the molecule is C[C@]12CC=C3C=C4CCC(=NO)C[C@]45CCC3(O5)[C@@H]1CC[C@@H]2c1ccc2ccncc2c1. The molecule has 3 fully saturated rings. The first-order chi connectivity index (χ1) is 15.6. The van der Waals surface area contributed by atoms with Crippen molar-refractivity contribution in [3.05, 3.63) is 65.5 Å². The second-order valence-electron chi connectivity index (χ2n) is 11.0. The second-order valence-corrected chi connectivity index (χ2v) is 11.0. The Morgan fingerprint density at radius 1 is 1.12 bits per heavy atom. The van der Waals surface area contributed by atoms with Crippen molar-refractivity contribution in [3.63, 3.8) is 0 Å². The number of nitrogens with zero attached hydrogens (tertiary/aromatic N) is 2. The molecule has 3 aliphatic carbocycles. The summed E-state index contributed by atoms with van der Waals surface area (Å²) in [6.45, 7) is 2.51. The first-order valence-electron chi connectivity index (χ1n) is 12.2.